The van der Waals surface area contributed by atoms with Gasteiger partial charge < -0.3 is 14.8 Å². The lowest BCUT2D eigenvalue weighted by molar-refractivity contribution is -0.116. The maximum atomic E-state index is 13.5. The van der Waals surface area contributed by atoms with Crippen LogP contribution in [0.15, 0.2) is 52.5 Å². The molecule has 0 amide bonds. The quantitative estimate of drug-likeness (QED) is 0.483. The maximum absolute atomic E-state index is 13.5. The number of ketones is 1. The van der Waals surface area contributed by atoms with Gasteiger partial charge in [0.1, 0.15) is 5.82 Å². The molecule has 0 fully saturated rings. The molecule has 1 aliphatic heterocycles. The van der Waals surface area contributed by atoms with E-state index in [4.69, 9.17) is 32.7 Å². The molecule has 3 aromatic rings. The number of H-pyrrole nitrogens is 2. The minimum atomic E-state index is -0.542. The number of aromatic amines is 2. The van der Waals surface area contributed by atoms with Crippen LogP contribution in [0.25, 0.3) is 0 Å². The molecule has 2 aliphatic rings. The number of ether oxygens (including phenoxy) is 2. The van der Waals surface area contributed by atoms with E-state index in [0.717, 1.165) is 16.8 Å². The summed E-state index contributed by atoms with van der Waals surface area (Å²) in [5, 5.41) is 9.59. The van der Waals surface area contributed by atoms with Gasteiger partial charge in [-0.15, -0.1) is 0 Å². The summed E-state index contributed by atoms with van der Waals surface area (Å²) in [5.74, 6) is 1.18. The van der Waals surface area contributed by atoms with E-state index < -0.39 is 5.92 Å². The second-order valence-electron chi connectivity index (χ2n) is 8.13. The number of benzene rings is 2. The molecule has 1 aromatic heterocycles. The molecule has 2 aromatic carbocycles. The lowest BCUT2D eigenvalue weighted by atomic mass is 9.73. The molecular weight excluding hydrogens is 465 g/mol. The van der Waals surface area contributed by atoms with Crippen LogP contribution >= 0.6 is 23.2 Å². The molecule has 0 saturated heterocycles. The van der Waals surface area contributed by atoms with Gasteiger partial charge in [0.2, 0.25) is 0 Å². The molecule has 5 rings (SSSR count). The highest BCUT2D eigenvalue weighted by molar-refractivity contribution is 6.42. The number of allylic oxidation sites excluding steroid dienone is 2. The fourth-order valence-electron chi connectivity index (χ4n) is 4.79. The van der Waals surface area contributed by atoms with Crippen LogP contribution in [0.2, 0.25) is 10.0 Å². The fourth-order valence-corrected chi connectivity index (χ4v) is 5.10. The number of aromatic nitrogens is 2. The Morgan fingerprint density at radius 2 is 1.64 bits per heavy atom. The van der Waals surface area contributed by atoms with E-state index in [2.05, 4.69) is 15.5 Å². The Morgan fingerprint density at radius 3 is 2.36 bits per heavy atom. The zero-order valence-corrected chi connectivity index (χ0v) is 19.4. The third-order valence-corrected chi connectivity index (χ3v) is 7.07. The molecule has 9 heteroatoms. The van der Waals surface area contributed by atoms with E-state index in [0.29, 0.717) is 51.3 Å². The van der Waals surface area contributed by atoms with Crippen LogP contribution in [0.5, 0.6) is 11.5 Å². The Kier molecular flexibility index (Phi) is 5.46. The second kappa shape index (κ2) is 8.32. The highest BCUT2D eigenvalue weighted by Crippen LogP contribution is 2.47. The van der Waals surface area contributed by atoms with Crippen LogP contribution in [-0.4, -0.2) is 30.2 Å². The van der Waals surface area contributed by atoms with E-state index in [1.807, 2.05) is 18.2 Å². The van der Waals surface area contributed by atoms with Gasteiger partial charge in [0, 0.05) is 23.6 Å². The Balaban J connectivity index is 1.60. The zero-order chi connectivity index (χ0) is 23.3. The molecule has 33 heavy (non-hydrogen) atoms. The Hall–Kier alpha value is -3.16. The van der Waals surface area contributed by atoms with Crippen LogP contribution < -0.4 is 20.3 Å². The summed E-state index contributed by atoms with van der Waals surface area (Å²) in [6.07, 6.45) is 0.909. The first-order valence-corrected chi connectivity index (χ1v) is 11.2. The number of hydrogen-bond donors (Lipinski definition) is 3. The smallest absolute Gasteiger partial charge is 0.270 e. The number of nitrogens with one attached hydrogen (secondary N) is 3. The lowest BCUT2D eigenvalue weighted by Crippen LogP contribution is -2.31. The zero-order valence-electron chi connectivity index (χ0n) is 17.9. The van der Waals surface area contributed by atoms with Gasteiger partial charge in [-0.1, -0.05) is 35.3 Å². The summed E-state index contributed by atoms with van der Waals surface area (Å²) in [4.78, 5) is 26.2. The molecular formula is C24H21Cl2N3O4. The minimum Gasteiger partial charge on any atom is -0.493 e. The number of halogens is 2. The number of fused-ring (bicyclic) bond motifs is 1. The number of methoxy groups -OCH3 is 2. The maximum Gasteiger partial charge on any atom is 0.270 e. The average molecular weight is 486 g/mol. The standard InChI is InChI=1S/C24H21Cl2N3O4/c1-32-18-6-4-11(10-19(18)33-2)13-8-16-21(17(30)9-13)20(12-3-5-14(25)15(26)7-12)22-23(27-16)28-29-24(22)31/h3-7,10,13,20H,8-9H2,1-2H3,(H3,27,28,29,31)/t13-,20-/m0/s1. The summed E-state index contributed by atoms with van der Waals surface area (Å²) >= 11 is 12.4. The first kappa shape index (κ1) is 21.7. The van der Waals surface area contributed by atoms with Crippen molar-refractivity contribution in [2.45, 2.75) is 24.7 Å². The van der Waals surface area contributed by atoms with Gasteiger partial charge >= 0.3 is 0 Å². The van der Waals surface area contributed by atoms with Gasteiger partial charge in [-0.25, -0.2) is 0 Å². The minimum absolute atomic E-state index is 0.0224. The number of rotatable bonds is 4. The summed E-state index contributed by atoms with van der Waals surface area (Å²) < 4.78 is 10.8. The van der Waals surface area contributed by atoms with Crippen LogP contribution in [0, 0.1) is 0 Å². The van der Waals surface area contributed by atoms with Gasteiger partial charge in [0.15, 0.2) is 17.3 Å². The molecule has 2 heterocycles. The van der Waals surface area contributed by atoms with Crippen molar-refractivity contribution in [1.82, 2.24) is 10.2 Å². The fraction of sp³-hybridized carbons (Fsp3) is 0.250. The van der Waals surface area contributed by atoms with Crippen molar-refractivity contribution in [2.24, 2.45) is 0 Å². The molecule has 0 bridgehead atoms. The summed E-state index contributed by atoms with van der Waals surface area (Å²) in [7, 11) is 3.17. The van der Waals surface area contributed by atoms with Crippen LogP contribution in [-0.2, 0) is 4.79 Å². The second-order valence-corrected chi connectivity index (χ2v) is 8.95. The van der Waals surface area contributed by atoms with Crippen molar-refractivity contribution in [3.8, 4) is 11.5 Å². The molecule has 0 saturated carbocycles. The Morgan fingerprint density at radius 1 is 0.879 bits per heavy atom. The van der Waals surface area contributed by atoms with Crippen molar-refractivity contribution in [3.05, 3.63) is 84.8 Å². The molecule has 1 aliphatic carbocycles. The van der Waals surface area contributed by atoms with E-state index >= 15 is 0 Å². The van der Waals surface area contributed by atoms with Crippen molar-refractivity contribution < 1.29 is 14.3 Å². The summed E-state index contributed by atoms with van der Waals surface area (Å²) in [6.45, 7) is 0. The lowest BCUT2D eigenvalue weighted by Gasteiger charge is -2.34. The first-order valence-electron chi connectivity index (χ1n) is 10.4. The van der Waals surface area contributed by atoms with Crippen molar-refractivity contribution >= 4 is 34.8 Å². The number of carbonyl (C=O) groups excluding carboxylic acids is 1. The predicted octanol–water partition coefficient (Wildman–Crippen LogP) is 4.99. The number of carbonyl (C=O) groups is 1. The molecule has 170 valence electrons. The van der Waals surface area contributed by atoms with E-state index in [9.17, 15) is 9.59 Å². The average Bonchev–Trinajstić information content (AvgIpc) is 3.19. The van der Waals surface area contributed by atoms with E-state index in [-0.39, 0.29) is 17.3 Å². The van der Waals surface area contributed by atoms with Crippen molar-refractivity contribution in [1.29, 1.82) is 0 Å². The summed E-state index contributed by atoms with van der Waals surface area (Å²) in [6, 6.07) is 10.9. The Labute approximate surface area is 199 Å². The normalized spacial score (nSPS) is 19.6. The monoisotopic (exact) mass is 485 g/mol. The first-order chi connectivity index (χ1) is 15.9. The number of hydrogen-bond acceptors (Lipinski definition) is 5. The highest BCUT2D eigenvalue weighted by Gasteiger charge is 2.40. The molecule has 3 N–H and O–H groups in total. The largest absolute Gasteiger partial charge is 0.493 e. The van der Waals surface area contributed by atoms with Gasteiger partial charge in [0.05, 0.1) is 29.8 Å². The van der Waals surface area contributed by atoms with Crippen LogP contribution in [0.3, 0.4) is 0 Å². The van der Waals surface area contributed by atoms with Gasteiger partial charge in [-0.3, -0.25) is 19.8 Å². The molecule has 2 atom stereocenters. The highest BCUT2D eigenvalue weighted by atomic mass is 35.5. The number of Topliss-reactive ketones (excluding diaryl/α,β-unsaturated/α-hetero) is 1. The third-order valence-electron chi connectivity index (χ3n) is 6.33. The topological polar surface area (TPSA) is 96.2 Å². The van der Waals surface area contributed by atoms with Crippen LogP contribution in [0.4, 0.5) is 5.82 Å². The third kappa shape index (κ3) is 3.61. The van der Waals surface area contributed by atoms with E-state index in [1.54, 1.807) is 32.4 Å². The molecule has 0 unspecified atom stereocenters. The van der Waals surface area contributed by atoms with E-state index in [1.165, 1.54) is 0 Å². The Bertz CT molecular complexity index is 1360. The molecule has 0 radical (unpaired) electrons. The van der Waals surface area contributed by atoms with Crippen molar-refractivity contribution in [2.75, 3.05) is 19.5 Å². The van der Waals surface area contributed by atoms with Gasteiger partial charge in [-0.2, -0.15) is 0 Å². The van der Waals surface area contributed by atoms with Gasteiger partial charge in [0.25, 0.3) is 5.56 Å². The van der Waals surface area contributed by atoms with Crippen LogP contribution in [0.1, 0.15) is 41.4 Å². The van der Waals surface area contributed by atoms with Gasteiger partial charge in [-0.05, 0) is 47.7 Å². The predicted molar refractivity (Wildman–Crippen MR) is 127 cm³/mol. The summed E-state index contributed by atoms with van der Waals surface area (Å²) in [5.41, 5.74) is 3.27. The van der Waals surface area contributed by atoms with Crippen molar-refractivity contribution in [3.63, 3.8) is 0 Å². The number of anilines is 1. The molecule has 7 nitrogen and oxygen atoms in total. The molecule has 0 spiro atoms. The SMILES string of the molecule is COc1ccc([C@@H]2CC(=O)C3=C(C2)Nc2[nH][nH]c(=O)c2[C@H]3c2ccc(Cl)c(Cl)c2)cc1OC.